The van der Waals surface area contributed by atoms with E-state index in [-0.39, 0.29) is 6.61 Å². The van der Waals surface area contributed by atoms with Crippen molar-refractivity contribution in [1.82, 2.24) is 24.5 Å². The van der Waals surface area contributed by atoms with Crippen molar-refractivity contribution in [3.05, 3.63) is 42.7 Å². The molecule has 5 N–H and O–H groups in total. The first kappa shape index (κ1) is 21.7. The van der Waals surface area contributed by atoms with Crippen LogP contribution in [0.4, 0.5) is 5.82 Å². The number of hydrogen-bond acceptors (Lipinski definition) is 10. The quantitative estimate of drug-likeness (QED) is 0.279. The minimum absolute atomic E-state index is 0.306. The van der Waals surface area contributed by atoms with Gasteiger partial charge in [0.2, 0.25) is 0 Å². The second kappa shape index (κ2) is 8.93. The summed E-state index contributed by atoms with van der Waals surface area (Å²) in [6.45, 7) is 0.159. The fraction of sp³-hybridized carbons (Fsp3) is 0.412. The maximum Gasteiger partial charge on any atom is 0.350 e. The van der Waals surface area contributed by atoms with E-state index in [0.717, 1.165) is 5.56 Å². The number of hydrogen-bond donors (Lipinski definition) is 5. The number of aliphatic hydroxyl groups excluding tert-OH is 2. The normalized spacial score (nSPS) is 24.0. The molecule has 4 heterocycles. The lowest BCUT2D eigenvalue weighted by molar-refractivity contribution is -0.0612. The number of pyridine rings is 1. The van der Waals surface area contributed by atoms with Gasteiger partial charge < -0.3 is 34.8 Å². The highest BCUT2D eigenvalue weighted by atomic mass is 31.2. The lowest BCUT2D eigenvalue weighted by Crippen LogP contribution is -2.33. The maximum atomic E-state index is 10.9. The minimum atomic E-state index is -4.35. The number of anilines is 1. The highest BCUT2D eigenvalue weighted by Gasteiger charge is 2.44. The molecule has 3 aromatic rings. The Morgan fingerprint density at radius 2 is 2.06 bits per heavy atom. The van der Waals surface area contributed by atoms with Gasteiger partial charge >= 0.3 is 7.60 Å². The van der Waals surface area contributed by atoms with Crippen LogP contribution in [-0.2, 0) is 20.6 Å². The minimum Gasteiger partial charge on any atom is -0.387 e. The van der Waals surface area contributed by atoms with E-state index < -0.39 is 38.5 Å². The summed E-state index contributed by atoms with van der Waals surface area (Å²) in [6.07, 6.45) is 0.667. The monoisotopic (exact) mass is 452 g/mol. The van der Waals surface area contributed by atoms with Gasteiger partial charge in [-0.3, -0.25) is 14.1 Å². The molecular formula is C17H21N6O7P. The lowest BCUT2D eigenvalue weighted by Gasteiger charge is -2.16. The number of aliphatic hydroxyl groups is 2. The molecule has 1 fully saturated rings. The summed E-state index contributed by atoms with van der Waals surface area (Å²) in [5, 5.41) is 23.9. The number of imidazole rings is 1. The third kappa shape index (κ3) is 4.88. The molecule has 1 aliphatic rings. The van der Waals surface area contributed by atoms with Crippen LogP contribution in [0.5, 0.6) is 0 Å². The summed E-state index contributed by atoms with van der Waals surface area (Å²) in [5.74, 6) is 0.474. The van der Waals surface area contributed by atoms with Gasteiger partial charge in [-0.05, 0) is 11.6 Å². The molecule has 3 aromatic heterocycles. The Hall–Kier alpha value is -2.51. The van der Waals surface area contributed by atoms with Crippen molar-refractivity contribution in [2.75, 3.05) is 18.3 Å². The molecule has 31 heavy (non-hydrogen) atoms. The molecule has 1 aliphatic heterocycles. The topological polar surface area (TPSA) is 185 Å². The smallest absolute Gasteiger partial charge is 0.350 e. The van der Waals surface area contributed by atoms with Crippen LogP contribution in [0.3, 0.4) is 0 Å². The third-order valence-corrected chi connectivity index (χ3v) is 5.21. The van der Waals surface area contributed by atoms with Gasteiger partial charge in [0, 0.05) is 18.9 Å². The predicted octanol–water partition coefficient (Wildman–Crippen LogP) is -0.396. The molecule has 0 unspecified atom stereocenters. The van der Waals surface area contributed by atoms with Crippen LogP contribution in [0.1, 0.15) is 11.8 Å². The van der Waals surface area contributed by atoms with Crippen LogP contribution < -0.4 is 5.32 Å². The molecule has 0 radical (unpaired) electrons. The molecule has 166 valence electrons. The van der Waals surface area contributed by atoms with Crippen LogP contribution in [0, 0.1) is 0 Å². The van der Waals surface area contributed by atoms with E-state index in [4.69, 9.17) is 19.3 Å². The molecule has 0 amide bonds. The van der Waals surface area contributed by atoms with Crippen LogP contribution in [-0.4, -0.2) is 75.8 Å². The van der Waals surface area contributed by atoms with Crippen LogP contribution in [0.25, 0.3) is 11.2 Å². The molecule has 4 atom stereocenters. The molecule has 13 nitrogen and oxygen atoms in total. The van der Waals surface area contributed by atoms with E-state index in [1.165, 1.54) is 17.2 Å². The number of aromatic nitrogens is 5. The molecule has 0 spiro atoms. The molecule has 0 aromatic carbocycles. The summed E-state index contributed by atoms with van der Waals surface area (Å²) < 4.78 is 23.0. The van der Waals surface area contributed by atoms with Crippen molar-refractivity contribution in [1.29, 1.82) is 0 Å². The highest BCUT2D eigenvalue weighted by molar-refractivity contribution is 7.51. The molecule has 4 rings (SSSR count). The van der Waals surface area contributed by atoms with Gasteiger partial charge in [-0.15, -0.1) is 0 Å². The average Bonchev–Trinajstić information content (AvgIpc) is 3.29. The van der Waals surface area contributed by atoms with E-state index >= 15 is 0 Å². The Labute approximate surface area is 175 Å². The van der Waals surface area contributed by atoms with Gasteiger partial charge in [0.1, 0.15) is 31.0 Å². The van der Waals surface area contributed by atoms with Crippen molar-refractivity contribution in [2.24, 2.45) is 0 Å². The standard InChI is InChI=1S/C17H21N6O7P/c24-13-11(6-29-9-31(26,27)28)30-17(14(13)25)23-8-22-12-15(20-7-21-16(12)23)19-5-10-2-1-3-18-4-10/h1-4,7-8,11,13-14,17,24-25H,5-6,9H2,(H,19,20,21)(H2,26,27,28)/t11-,13-,14-,17-/m1/s1. The number of fused-ring (bicyclic) bond motifs is 1. The Kier molecular flexibility index (Phi) is 6.25. The molecule has 1 saturated heterocycles. The molecule has 0 saturated carbocycles. The fourth-order valence-electron chi connectivity index (χ4n) is 3.24. The number of ether oxygens (including phenoxy) is 2. The van der Waals surface area contributed by atoms with E-state index in [9.17, 15) is 14.8 Å². The SMILES string of the molecule is O=P(O)(O)COC[C@H]1O[C@@H](n2cnc3c(NCc4cccnc4)ncnc32)[C@H](O)[C@@H]1O. The van der Waals surface area contributed by atoms with Crippen molar-refractivity contribution >= 4 is 24.6 Å². The van der Waals surface area contributed by atoms with Crippen molar-refractivity contribution in [3.8, 4) is 0 Å². The van der Waals surface area contributed by atoms with E-state index in [1.807, 2.05) is 12.1 Å². The second-order valence-corrected chi connectivity index (χ2v) is 8.56. The van der Waals surface area contributed by atoms with Crippen molar-refractivity contribution in [2.45, 2.75) is 31.1 Å². The second-order valence-electron chi connectivity index (χ2n) is 6.97. The van der Waals surface area contributed by atoms with Gasteiger partial charge in [0.05, 0.1) is 12.9 Å². The summed E-state index contributed by atoms with van der Waals surface area (Å²) in [5.41, 5.74) is 1.76. The zero-order chi connectivity index (χ0) is 22.0. The van der Waals surface area contributed by atoms with Gasteiger partial charge in [-0.25, -0.2) is 15.0 Å². The lowest BCUT2D eigenvalue weighted by atomic mass is 10.1. The van der Waals surface area contributed by atoms with Crippen molar-refractivity contribution in [3.63, 3.8) is 0 Å². The highest BCUT2D eigenvalue weighted by Crippen LogP contribution is 2.36. The Bertz CT molecular complexity index is 1080. The predicted molar refractivity (Wildman–Crippen MR) is 106 cm³/mol. The number of rotatable bonds is 8. The van der Waals surface area contributed by atoms with Gasteiger partial charge in [-0.2, -0.15) is 0 Å². The van der Waals surface area contributed by atoms with Gasteiger partial charge in [-0.1, -0.05) is 6.07 Å². The first-order chi connectivity index (χ1) is 14.8. The van der Waals surface area contributed by atoms with E-state index in [1.54, 1.807) is 12.4 Å². The summed E-state index contributed by atoms with van der Waals surface area (Å²) >= 11 is 0. The molecule has 14 heteroatoms. The zero-order valence-corrected chi connectivity index (χ0v) is 17.0. The average molecular weight is 452 g/mol. The van der Waals surface area contributed by atoms with E-state index in [2.05, 4.69) is 25.3 Å². The zero-order valence-electron chi connectivity index (χ0n) is 16.1. The summed E-state index contributed by atoms with van der Waals surface area (Å²) in [4.78, 5) is 34.5. The first-order valence-corrected chi connectivity index (χ1v) is 11.1. The summed E-state index contributed by atoms with van der Waals surface area (Å²) in [6, 6.07) is 3.74. The van der Waals surface area contributed by atoms with Crippen molar-refractivity contribution < 1.29 is 34.0 Å². The number of nitrogens with zero attached hydrogens (tertiary/aromatic N) is 5. The van der Waals surface area contributed by atoms with Gasteiger partial charge in [0.15, 0.2) is 23.2 Å². The van der Waals surface area contributed by atoms with Crippen LogP contribution in [0.15, 0.2) is 37.2 Å². The maximum absolute atomic E-state index is 10.9. The third-order valence-electron chi connectivity index (χ3n) is 4.69. The number of nitrogens with one attached hydrogen (secondary N) is 1. The fourth-order valence-corrected chi connectivity index (χ4v) is 3.58. The Balaban J connectivity index is 1.50. The van der Waals surface area contributed by atoms with Gasteiger partial charge in [0.25, 0.3) is 0 Å². The Morgan fingerprint density at radius 1 is 1.23 bits per heavy atom. The largest absolute Gasteiger partial charge is 0.387 e. The molecule has 0 bridgehead atoms. The first-order valence-electron chi connectivity index (χ1n) is 9.28. The summed E-state index contributed by atoms with van der Waals surface area (Å²) in [7, 11) is -4.35. The molecule has 0 aliphatic carbocycles. The molecular weight excluding hydrogens is 431 g/mol. The Morgan fingerprint density at radius 3 is 2.81 bits per heavy atom. The van der Waals surface area contributed by atoms with Crippen LogP contribution in [0.2, 0.25) is 0 Å². The van der Waals surface area contributed by atoms with Crippen LogP contribution >= 0.6 is 7.60 Å². The van der Waals surface area contributed by atoms with E-state index in [0.29, 0.717) is 23.5 Å².